The molecule has 2 rings (SSSR count). The maximum absolute atomic E-state index is 13.6. The Balaban J connectivity index is 2.05. The number of halogens is 1. The van der Waals surface area contributed by atoms with Crippen molar-refractivity contribution in [1.82, 2.24) is 10.3 Å². The van der Waals surface area contributed by atoms with Gasteiger partial charge >= 0.3 is 0 Å². The van der Waals surface area contributed by atoms with Gasteiger partial charge in [-0.25, -0.2) is 4.39 Å². The van der Waals surface area contributed by atoms with Crippen LogP contribution < -0.4 is 5.32 Å². The standard InChI is InChI=1S/C15H14FN3/c1-11(13-3-2-6-18-9-13)19-10-14-7-12(8-17)4-5-15(14)16/h2-7,9,11,19H,10H2,1H3. The molecule has 1 heterocycles. The van der Waals surface area contributed by atoms with Gasteiger partial charge in [0.05, 0.1) is 11.6 Å². The number of nitrogens with zero attached hydrogens (tertiary/aromatic N) is 2. The summed E-state index contributed by atoms with van der Waals surface area (Å²) in [6.07, 6.45) is 3.49. The average Bonchev–Trinajstić information content (AvgIpc) is 2.47. The predicted molar refractivity (Wildman–Crippen MR) is 70.6 cm³/mol. The van der Waals surface area contributed by atoms with Crippen LogP contribution in [-0.4, -0.2) is 4.98 Å². The number of aromatic nitrogens is 1. The Morgan fingerprint density at radius 2 is 2.26 bits per heavy atom. The van der Waals surface area contributed by atoms with Crippen LogP contribution in [0.4, 0.5) is 4.39 Å². The van der Waals surface area contributed by atoms with Gasteiger partial charge in [-0.1, -0.05) is 6.07 Å². The molecule has 0 radical (unpaired) electrons. The number of rotatable bonds is 4. The molecular weight excluding hydrogens is 241 g/mol. The molecule has 0 amide bonds. The zero-order valence-corrected chi connectivity index (χ0v) is 10.6. The fourth-order valence-electron chi connectivity index (χ4n) is 1.79. The van der Waals surface area contributed by atoms with Crippen LogP contribution in [0.1, 0.15) is 29.7 Å². The molecule has 1 unspecified atom stereocenters. The highest BCUT2D eigenvalue weighted by atomic mass is 19.1. The molecule has 2 aromatic rings. The summed E-state index contributed by atoms with van der Waals surface area (Å²) < 4.78 is 13.6. The summed E-state index contributed by atoms with van der Waals surface area (Å²) in [6, 6.07) is 10.3. The van der Waals surface area contributed by atoms with Crippen molar-refractivity contribution in [2.45, 2.75) is 19.5 Å². The third-order valence-corrected chi connectivity index (χ3v) is 2.96. The molecule has 0 bridgehead atoms. The summed E-state index contributed by atoms with van der Waals surface area (Å²) in [4.78, 5) is 4.05. The van der Waals surface area contributed by atoms with E-state index < -0.39 is 0 Å². The van der Waals surface area contributed by atoms with Crippen molar-refractivity contribution in [2.75, 3.05) is 0 Å². The maximum Gasteiger partial charge on any atom is 0.127 e. The summed E-state index contributed by atoms with van der Waals surface area (Å²) in [6.45, 7) is 2.36. The predicted octanol–water partition coefficient (Wildman–Crippen LogP) is 2.94. The van der Waals surface area contributed by atoms with Crippen LogP contribution in [-0.2, 0) is 6.54 Å². The normalized spacial score (nSPS) is 11.8. The molecule has 4 heteroatoms. The van der Waals surface area contributed by atoms with Gasteiger partial charge in [0.1, 0.15) is 5.82 Å². The van der Waals surface area contributed by atoms with Gasteiger partial charge in [0, 0.05) is 30.5 Å². The molecule has 1 N–H and O–H groups in total. The lowest BCUT2D eigenvalue weighted by molar-refractivity contribution is 0.543. The molecular formula is C15H14FN3. The van der Waals surface area contributed by atoms with Gasteiger partial charge < -0.3 is 5.32 Å². The van der Waals surface area contributed by atoms with Crippen molar-refractivity contribution in [1.29, 1.82) is 5.26 Å². The second-order valence-electron chi connectivity index (χ2n) is 4.31. The fourth-order valence-corrected chi connectivity index (χ4v) is 1.79. The number of pyridine rings is 1. The summed E-state index contributed by atoms with van der Waals surface area (Å²) in [5.74, 6) is -0.301. The SMILES string of the molecule is CC(NCc1cc(C#N)ccc1F)c1cccnc1. The zero-order valence-electron chi connectivity index (χ0n) is 10.6. The quantitative estimate of drug-likeness (QED) is 0.913. The Hall–Kier alpha value is -2.25. The minimum Gasteiger partial charge on any atom is -0.306 e. The maximum atomic E-state index is 13.6. The first-order chi connectivity index (χ1) is 9.20. The summed E-state index contributed by atoms with van der Waals surface area (Å²) in [7, 11) is 0. The Labute approximate surface area is 111 Å². The Morgan fingerprint density at radius 1 is 1.42 bits per heavy atom. The number of hydrogen-bond acceptors (Lipinski definition) is 3. The highest BCUT2D eigenvalue weighted by Crippen LogP contribution is 2.14. The summed E-state index contributed by atoms with van der Waals surface area (Å²) >= 11 is 0. The van der Waals surface area contributed by atoms with Crippen LogP contribution >= 0.6 is 0 Å². The number of benzene rings is 1. The van der Waals surface area contributed by atoms with E-state index in [1.54, 1.807) is 18.5 Å². The van der Waals surface area contributed by atoms with Crippen molar-refractivity contribution in [3.63, 3.8) is 0 Å². The van der Waals surface area contributed by atoms with Gasteiger partial charge in [-0.3, -0.25) is 4.98 Å². The first-order valence-electron chi connectivity index (χ1n) is 6.02. The first-order valence-corrected chi connectivity index (χ1v) is 6.02. The van der Waals surface area contributed by atoms with E-state index in [4.69, 9.17) is 5.26 Å². The van der Waals surface area contributed by atoms with Crippen molar-refractivity contribution >= 4 is 0 Å². The Kier molecular flexibility index (Phi) is 4.22. The first kappa shape index (κ1) is 13.2. The number of nitriles is 1. The van der Waals surface area contributed by atoms with Gasteiger partial charge in [-0.05, 0) is 36.8 Å². The van der Waals surface area contributed by atoms with Crippen molar-refractivity contribution in [3.05, 3.63) is 65.2 Å². The lowest BCUT2D eigenvalue weighted by Gasteiger charge is -2.14. The molecule has 19 heavy (non-hydrogen) atoms. The molecule has 0 saturated carbocycles. The van der Waals surface area contributed by atoms with E-state index in [0.717, 1.165) is 5.56 Å². The lowest BCUT2D eigenvalue weighted by atomic mass is 10.1. The number of hydrogen-bond donors (Lipinski definition) is 1. The molecule has 1 aromatic heterocycles. The van der Waals surface area contributed by atoms with Crippen molar-refractivity contribution in [2.24, 2.45) is 0 Å². The van der Waals surface area contributed by atoms with Crippen LogP contribution in [0.2, 0.25) is 0 Å². The molecule has 0 saturated heterocycles. The van der Waals surface area contributed by atoms with Crippen molar-refractivity contribution < 1.29 is 4.39 Å². The third-order valence-electron chi connectivity index (χ3n) is 2.96. The minimum absolute atomic E-state index is 0.0684. The average molecular weight is 255 g/mol. The molecule has 0 aliphatic rings. The minimum atomic E-state index is -0.301. The third kappa shape index (κ3) is 3.36. The van der Waals surface area contributed by atoms with Gasteiger partial charge in [0.2, 0.25) is 0 Å². The van der Waals surface area contributed by atoms with Gasteiger partial charge in [-0.2, -0.15) is 5.26 Å². The Morgan fingerprint density at radius 3 is 2.95 bits per heavy atom. The van der Waals surface area contributed by atoms with Crippen LogP contribution in [0.25, 0.3) is 0 Å². The highest BCUT2D eigenvalue weighted by Gasteiger charge is 2.07. The lowest BCUT2D eigenvalue weighted by Crippen LogP contribution is -2.19. The van der Waals surface area contributed by atoms with Crippen LogP contribution in [0.5, 0.6) is 0 Å². The largest absolute Gasteiger partial charge is 0.306 e. The van der Waals surface area contributed by atoms with Crippen molar-refractivity contribution in [3.8, 4) is 6.07 Å². The zero-order chi connectivity index (χ0) is 13.7. The van der Waals surface area contributed by atoms with E-state index in [2.05, 4.69) is 10.3 Å². The molecule has 0 aliphatic heterocycles. The van der Waals surface area contributed by atoms with E-state index in [9.17, 15) is 4.39 Å². The second-order valence-corrected chi connectivity index (χ2v) is 4.31. The van der Waals surface area contributed by atoms with E-state index >= 15 is 0 Å². The smallest absolute Gasteiger partial charge is 0.127 e. The van der Waals surface area contributed by atoms with Gasteiger partial charge in [0.15, 0.2) is 0 Å². The van der Waals surface area contributed by atoms with Gasteiger partial charge in [-0.15, -0.1) is 0 Å². The van der Waals surface area contributed by atoms with Crippen LogP contribution in [0.3, 0.4) is 0 Å². The summed E-state index contributed by atoms with van der Waals surface area (Å²) in [5, 5.41) is 12.0. The summed E-state index contributed by atoms with van der Waals surface area (Å²) in [5.41, 5.74) is 2.00. The van der Waals surface area contributed by atoms with Crippen LogP contribution in [0, 0.1) is 17.1 Å². The Bertz CT molecular complexity index is 590. The van der Waals surface area contributed by atoms with E-state index in [-0.39, 0.29) is 11.9 Å². The molecule has 3 nitrogen and oxygen atoms in total. The number of nitrogens with one attached hydrogen (secondary N) is 1. The second kappa shape index (κ2) is 6.07. The van der Waals surface area contributed by atoms with Gasteiger partial charge in [0.25, 0.3) is 0 Å². The molecule has 0 spiro atoms. The van der Waals surface area contributed by atoms with E-state index in [1.165, 1.54) is 12.1 Å². The molecule has 1 aromatic carbocycles. The topological polar surface area (TPSA) is 48.7 Å². The molecule has 0 aliphatic carbocycles. The molecule has 0 fully saturated rings. The van der Waals surface area contributed by atoms with E-state index in [1.807, 2.05) is 25.1 Å². The van der Waals surface area contributed by atoms with Crippen LogP contribution in [0.15, 0.2) is 42.7 Å². The monoisotopic (exact) mass is 255 g/mol. The molecule has 1 atom stereocenters. The van der Waals surface area contributed by atoms with E-state index in [0.29, 0.717) is 17.7 Å². The fraction of sp³-hybridized carbons (Fsp3) is 0.200. The highest BCUT2D eigenvalue weighted by molar-refractivity contribution is 5.33. The molecule has 96 valence electrons.